The van der Waals surface area contributed by atoms with E-state index in [-0.39, 0.29) is 6.54 Å². The molecule has 1 aromatic rings. The number of hydrogen-bond donors (Lipinski definition) is 2. The number of ether oxygens (including phenoxy) is 2. The van der Waals surface area contributed by atoms with Crippen molar-refractivity contribution in [3.05, 3.63) is 23.8 Å². The first-order valence-corrected chi connectivity index (χ1v) is 4.81. The molecule has 1 atom stereocenters. The van der Waals surface area contributed by atoms with Crippen molar-refractivity contribution in [1.29, 1.82) is 0 Å². The number of methoxy groups -OCH3 is 2. The van der Waals surface area contributed by atoms with Crippen LogP contribution in [0.4, 0.5) is 0 Å². The second-order valence-corrected chi connectivity index (χ2v) is 3.25. The molecule has 1 rings (SSSR count). The van der Waals surface area contributed by atoms with E-state index in [4.69, 9.17) is 15.2 Å². The predicted molar refractivity (Wildman–Crippen MR) is 58.3 cm³/mol. The molecule has 0 aromatic heterocycles. The fraction of sp³-hybridized carbons (Fsp3) is 0.455. The molecule has 1 unspecified atom stereocenters. The van der Waals surface area contributed by atoms with Gasteiger partial charge in [0.25, 0.3) is 0 Å². The predicted octanol–water partition coefficient (Wildman–Crippen LogP) is 0.566. The van der Waals surface area contributed by atoms with Crippen LogP contribution in [-0.4, -0.2) is 32.0 Å². The molecule has 0 amide bonds. The van der Waals surface area contributed by atoms with Gasteiger partial charge >= 0.3 is 0 Å². The zero-order valence-corrected chi connectivity index (χ0v) is 9.06. The number of rotatable bonds is 5. The van der Waals surface area contributed by atoms with Crippen LogP contribution < -0.4 is 15.2 Å². The number of hydrogen-bond acceptors (Lipinski definition) is 4. The van der Waals surface area contributed by atoms with E-state index >= 15 is 0 Å². The quantitative estimate of drug-likeness (QED) is 0.747. The first kappa shape index (κ1) is 11.8. The molecule has 4 nitrogen and oxygen atoms in total. The molecule has 0 aliphatic rings. The van der Waals surface area contributed by atoms with Gasteiger partial charge in [0.15, 0.2) is 11.5 Å². The number of nitrogens with two attached hydrogens (primary N) is 1. The third-order valence-corrected chi connectivity index (χ3v) is 2.21. The van der Waals surface area contributed by atoms with Crippen LogP contribution in [-0.2, 0) is 6.42 Å². The SMILES string of the molecule is COc1cccc(CC(O)CN)c1OC. The van der Waals surface area contributed by atoms with Gasteiger partial charge in [-0.15, -0.1) is 0 Å². The molecule has 0 spiro atoms. The Kier molecular flexibility index (Phi) is 4.39. The summed E-state index contributed by atoms with van der Waals surface area (Å²) >= 11 is 0. The maximum atomic E-state index is 9.47. The zero-order chi connectivity index (χ0) is 11.3. The summed E-state index contributed by atoms with van der Waals surface area (Å²) in [4.78, 5) is 0. The average Bonchev–Trinajstić information content (AvgIpc) is 2.28. The number of aliphatic hydroxyl groups excluding tert-OH is 1. The molecule has 4 heteroatoms. The van der Waals surface area contributed by atoms with Crippen LogP contribution in [0.5, 0.6) is 11.5 Å². The summed E-state index contributed by atoms with van der Waals surface area (Å²) < 4.78 is 10.4. The van der Waals surface area contributed by atoms with Crippen molar-refractivity contribution in [3.63, 3.8) is 0 Å². The van der Waals surface area contributed by atoms with E-state index in [2.05, 4.69) is 0 Å². The molecular weight excluding hydrogens is 194 g/mol. The maximum absolute atomic E-state index is 9.47. The number of benzene rings is 1. The maximum Gasteiger partial charge on any atom is 0.163 e. The Bertz CT molecular complexity index is 315. The lowest BCUT2D eigenvalue weighted by Crippen LogP contribution is -2.22. The Hall–Kier alpha value is -1.26. The molecule has 15 heavy (non-hydrogen) atoms. The van der Waals surface area contributed by atoms with Crippen molar-refractivity contribution in [2.24, 2.45) is 5.73 Å². The highest BCUT2D eigenvalue weighted by Crippen LogP contribution is 2.31. The highest BCUT2D eigenvalue weighted by Gasteiger charge is 2.12. The van der Waals surface area contributed by atoms with Gasteiger partial charge in [-0.05, 0) is 6.07 Å². The van der Waals surface area contributed by atoms with Gasteiger partial charge in [-0.3, -0.25) is 0 Å². The van der Waals surface area contributed by atoms with Crippen LogP contribution in [0, 0.1) is 0 Å². The second kappa shape index (κ2) is 5.58. The van der Waals surface area contributed by atoms with Gasteiger partial charge in [-0.2, -0.15) is 0 Å². The van der Waals surface area contributed by atoms with Gasteiger partial charge in [0, 0.05) is 18.5 Å². The minimum Gasteiger partial charge on any atom is -0.493 e. The summed E-state index contributed by atoms with van der Waals surface area (Å²) in [6.45, 7) is 0.236. The fourth-order valence-electron chi connectivity index (χ4n) is 1.45. The standard InChI is InChI=1S/C11H17NO3/c1-14-10-5-3-4-8(11(10)15-2)6-9(13)7-12/h3-5,9,13H,6-7,12H2,1-2H3. The van der Waals surface area contributed by atoms with Gasteiger partial charge in [0.2, 0.25) is 0 Å². The van der Waals surface area contributed by atoms with Crippen LogP contribution in [0.2, 0.25) is 0 Å². The summed E-state index contributed by atoms with van der Waals surface area (Å²) in [5.41, 5.74) is 6.26. The van der Waals surface area contributed by atoms with Crippen molar-refractivity contribution in [3.8, 4) is 11.5 Å². The van der Waals surface area contributed by atoms with Crippen molar-refractivity contribution in [1.82, 2.24) is 0 Å². The van der Waals surface area contributed by atoms with Crippen molar-refractivity contribution >= 4 is 0 Å². The molecule has 0 heterocycles. The normalized spacial score (nSPS) is 12.3. The van der Waals surface area contributed by atoms with Crippen molar-refractivity contribution in [2.45, 2.75) is 12.5 Å². The summed E-state index contributed by atoms with van der Waals surface area (Å²) in [5.74, 6) is 1.33. The highest BCUT2D eigenvalue weighted by atomic mass is 16.5. The largest absolute Gasteiger partial charge is 0.493 e. The van der Waals surface area contributed by atoms with E-state index < -0.39 is 6.10 Å². The van der Waals surface area contributed by atoms with Crippen molar-refractivity contribution in [2.75, 3.05) is 20.8 Å². The lowest BCUT2D eigenvalue weighted by molar-refractivity contribution is 0.182. The third kappa shape index (κ3) is 2.84. The number of aliphatic hydroxyl groups is 1. The lowest BCUT2D eigenvalue weighted by atomic mass is 10.1. The Labute approximate surface area is 89.6 Å². The highest BCUT2D eigenvalue weighted by molar-refractivity contribution is 5.46. The Morgan fingerprint density at radius 3 is 2.60 bits per heavy atom. The lowest BCUT2D eigenvalue weighted by Gasteiger charge is -2.14. The minimum absolute atomic E-state index is 0.236. The number of para-hydroxylation sites is 1. The topological polar surface area (TPSA) is 64.7 Å². The minimum atomic E-state index is -0.550. The van der Waals surface area contributed by atoms with Crippen LogP contribution in [0.25, 0.3) is 0 Å². The molecule has 0 saturated heterocycles. The van der Waals surface area contributed by atoms with Gasteiger partial charge in [-0.25, -0.2) is 0 Å². The Morgan fingerprint density at radius 2 is 2.07 bits per heavy atom. The monoisotopic (exact) mass is 211 g/mol. The summed E-state index contributed by atoms with van der Waals surface area (Å²) in [5, 5.41) is 9.47. The molecule has 3 N–H and O–H groups in total. The van der Waals surface area contributed by atoms with E-state index in [1.807, 2.05) is 18.2 Å². The smallest absolute Gasteiger partial charge is 0.163 e. The van der Waals surface area contributed by atoms with E-state index in [9.17, 15) is 5.11 Å². The van der Waals surface area contributed by atoms with Gasteiger partial charge in [0.1, 0.15) is 0 Å². The van der Waals surface area contributed by atoms with Crippen molar-refractivity contribution < 1.29 is 14.6 Å². The van der Waals surface area contributed by atoms with E-state index in [0.717, 1.165) is 5.56 Å². The second-order valence-electron chi connectivity index (χ2n) is 3.25. The molecule has 0 fully saturated rings. The van der Waals surface area contributed by atoms with E-state index in [0.29, 0.717) is 17.9 Å². The first-order chi connectivity index (χ1) is 7.22. The van der Waals surface area contributed by atoms with Crippen LogP contribution in [0.3, 0.4) is 0 Å². The summed E-state index contributed by atoms with van der Waals surface area (Å²) in [6, 6.07) is 5.57. The fourth-order valence-corrected chi connectivity index (χ4v) is 1.45. The molecule has 0 aliphatic heterocycles. The zero-order valence-electron chi connectivity index (χ0n) is 9.06. The van der Waals surface area contributed by atoms with Gasteiger partial charge in [-0.1, -0.05) is 12.1 Å². The molecule has 0 radical (unpaired) electrons. The Balaban J connectivity index is 2.95. The average molecular weight is 211 g/mol. The van der Waals surface area contributed by atoms with Crippen LogP contribution >= 0.6 is 0 Å². The summed E-state index contributed by atoms with van der Waals surface area (Å²) in [6.07, 6.45) is -0.0809. The van der Waals surface area contributed by atoms with E-state index in [1.54, 1.807) is 14.2 Å². The van der Waals surface area contributed by atoms with Crippen LogP contribution in [0.15, 0.2) is 18.2 Å². The molecule has 0 aliphatic carbocycles. The third-order valence-electron chi connectivity index (χ3n) is 2.21. The van der Waals surface area contributed by atoms with Gasteiger partial charge < -0.3 is 20.3 Å². The van der Waals surface area contributed by atoms with Gasteiger partial charge in [0.05, 0.1) is 20.3 Å². The molecular formula is C11H17NO3. The first-order valence-electron chi connectivity index (χ1n) is 4.81. The molecule has 0 saturated carbocycles. The van der Waals surface area contributed by atoms with E-state index in [1.165, 1.54) is 0 Å². The Morgan fingerprint density at radius 1 is 1.33 bits per heavy atom. The summed E-state index contributed by atoms with van der Waals surface area (Å²) in [7, 11) is 3.16. The molecule has 84 valence electrons. The molecule has 0 bridgehead atoms. The molecule has 1 aromatic carbocycles. The van der Waals surface area contributed by atoms with Crippen LogP contribution in [0.1, 0.15) is 5.56 Å².